The van der Waals surface area contributed by atoms with Crippen LogP contribution >= 0.6 is 15.9 Å². The molecule has 1 N–H and O–H groups in total. The molecule has 1 rings (SSSR count). The van der Waals surface area contributed by atoms with E-state index in [0.29, 0.717) is 11.4 Å². The fourth-order valence-corrected chi connectivity index (χ4v) is 3.13. The van der Waals surface area contributed by atoms with Crippen LogP contribution in [0.3, 0.4) is 0 Å². The van der Waals surface area contributed by atoms with Gasteiger partial charge in [-0.2, -0.15) is 0 Å². The molecule has 0 heterocycles. The lowest BCUT2D eigenvalue weighted by Gasteiger charge is -2.23. The van der Waals surface area contributed by atoms with Crippen molar-refractivity contribution in [3.63, 3.8) is 0 Å². The SMILES string of the molecule is CC(C(=O)NCC(Br)CC(C)(C)C)c1ccccc1. The van der Waals surface area contributed by atoms with Crippen molar-refractivity contribution in [2.75, 3.05) is 6.54 Å². The molecule has 0 spiro atoms. The summed E-state index contributed by atoms with van der Waals surface area (Å²) in [5.74, 6) is -0.0138. The van der Waals surface area contributed by atoms with E-state index in [4.69, 9.17) is 0 Å². The molecule has 0 bridgehead atoms. The van der Waals surface area contributed by atoms with Crippen molar-refractivity contribution in [3.8, 4) is 0 Å². The van der Waals surface area contributed by atoms with Gasteiger partial charge in [0.1, 0.15) is 0 Å². The highest BCUT2D eigenvalue weighted by atomic mass is 79.9. The van der Waals surface area contributed by atoms with E-state index in [9.17, 15) is 4.79 Å². The molecule has 19 heavy (non-hydrogen) atoms. The Morgan fingerprint density at radius 3 is 2.37 bits per heavy atom. The average molecular weight is 326 g/mol. The van der Waals surface area contributed by atoms with E-state index >= 15 is 0 Å². The summed E-state index contributed by atoms with van der Waals surface area (Å²) in [6.45, 7) is 9.23. The number of benzene rings is 1. The van der Waals surface area contributed by atoms with Gasteiger partial charge < -0.3 is 5.32 Å². The Bertz CT molecular complexity index is 397. The smallest absolute Gasteiger partial charge is 0.227 e. The summed E-state index contributed by atoms with van der Waals surface area (Å²) in [7, 11) is 0. The van der Waals surface area contributed by atoms with Crippen LogP contribution in [0.15, 0.2) is 30.3 Å². The lowest BCUT2D eigenvalue weighted by atomic mass is 9.90. The highest BCUT2D eigenvalue weighted by Gasteiger charge is 2.19. The topological polar surface area (TPSA) is 29.1 Å². The number of hydrogen-bond donors (Lipinski definition) is 1. The first-order valence-corrected chi connectivity index (χ1v) is 7.68. The van der Waals surface area contributed by atoms with E-state index in [1.807, 2.05) is 37.3 Å². The van der Waals surface area contributed by atoms with Gasteiger partial charge >= 0.3 is 0 Å². The summed E-state index contributed by atoms with van der Waals surface area (Å²) in [4.78, 5) is 12.4. The Morgan fingerprint density at radius 1 is 1.26 bits per heavy atom. The Labute approximate surface area is 125 Å². The van der Waals surface area contributed by atoms with E-state index in [1.165, 1.54) is 0 Å². The molecule has 2 unspecified atom stereocenters. The van der Waals surface area contributed by atoms with Crippen molar-refractivity contribution in [2.24, 2.45) is 5.41 Å². The zero-order chi connectivity index (χ0) is 14.5. The summed E-state index contributed by atoms with van der Waals surface area (Å²) in [6.07, 6.45) is 1.03. The molecule has 1 aromatic carbocycles. The van der Waals surface area contributed by atoms with Gasteiger partial charge in [0.25, 0.3) is 0 Å². The van der Waals surface area contributed by atoms with Gasteiger partial charge in [-0.1, -0.05) is 67.0 Å². The van der Waals surface area contributed by atoms with Crippen LogP contribution in [0.5, 0.6) is 0 Å². The molecule has 1 aromatic rings. The number of carbonyl (C=O) groups is 1. The van der Waals surface area contributed by atoms with Crippen molar-refractivity contribution in [2.45, 2.75) is 44.9 Å². The summed E-state index contributed by atoms with van der Waals surface area (Å²) in [5, 5.41) is 3.02. The fourth-order valence-electron chi connectivity index (χ4n) is 1.99. The summed E-state index contributed by atoms with van der Waals surface area (Å²) in [6, 6.07) is 9.88. The molecule has 3 heteroatoms. The minimum Gasteiger partial charge on any atom is -0.354 e. The van der Waals surface area contributed by atoms with Gasteiger partial charge in [-0.05, 0) is 24.3 Å². The largest absolute Gasteiger partial charge is 0.354 e. The molecular formula is C16H24BrNO. The zero-order valence-corrected chi connectivity index (χ0v) is 13.8. The molecule has 0 saturated carbocycles. The Morgan fingerprint density at radius 2 is 1.84 bits per heavy atom. The van der Waals surface area contributed by atoms with Crippen LogP contribution in [0.2, 0.25) is 0 Å². The number of hydrogen-bond acceptors (Lipinski definition) is 1. The predicted molar refractivity (Wildman–Crippen MR) is 84.7 cm³/mol. The third kappa shape index (κ3) is 6.24. The summed E-state index contributed by atoms with van der Waals surface area (Å²) in [5.41, 5.74) is 1.33. The molecule has 2 atom stereocenters. The molecule has 106 valence electrons. The second-order valence-corrected chi connectivity index (χ2v) is 7.53. The van der Waals surface area contributed by atoms with E-state index < -0.39 is 0 Å². The number of alkyl halides is 1. The molecule has 0 aliphatic carbocycles. The minimum absolute atomic E-state index is 0.0876. The highest BCUT2D eigenvalue weighted by Crippen LogP contribution is 2.24. The lowest BCUT2D eigenvalue weighted by molar-refractivity contribution is -0.122. The van der Waals surface area contributed by atoms with Crippen LogP contribution < -0.4 is 5.32 Å². The molecule has 0 aliphatic rings. The first kappa shape index (κ1) is 16.2. The Hall–Kier alpha value is -0.830. The molecular weight excluding hydrogens is 302 g/mol. The maximum absolute atomic E-state index is 12.1. The summed E-state index contributed by atoms with van der Waals surface area (Å²) < 4.78 is 0. The molecule has 0 aliphatic heterocycles. The van der Waals surface area contributed by atoms with Gasteiger partial charge in [0.05, 0.1) is 5.92 Å². The maximum atomic E-state index is 12.1. The predicted octanol–water partition coefficient (Wildman–Crippen LogP) is 4.11. The van der Waals surface area contributed by atoms with Crippen molar-refractivity contribution in [1.29, 1.82) is 0 Å². The van der Waals surface area contributed by atoms with Crippen LogP contribution in [-0.2, 0) is 4.79 Å². The quantitative estimate of drug-likeness (QED) is 0.811. The van der Waals surface area contributed by atoms with Gasteiger partial charge in [-0.3, -0.25) is 4.79 Å². The van der Waals surface area contributed by atoms with Gasteiger partial charge in [0.15, 0.2) is 0 Å². The highest BCUT2D eigenvalue weighted by molar-refractivity contribution is 9.09. The minimum atomic E-state index is -0.101. The van der Waals surface area contributed by atoms with Crippen LogP contribution in [-0.4, -0.2) is 17.3 Å². The maximum Gasteiger partial charge on any atom is 0.227 e. The molecule has 1 amide bonds. The van der Waals surface area contributed by atoms with Crippen molar-refractivity contribution < 1.29 is 4.79 Å². The number of rotatable bonds is 5. The summed E-state index contributed by atoms with van der Waals surface area (Å²) >= 11 is 3.63. The van der Waals surface area contributed by atoms with E-state index in [2.05, 4.69) is 42.0 Å². The first-order valence-electron chi connectivity index (χ1n) is 6.76. The third-order valence-corrected chi connectivity index (χ3v) is 3.67. The third-order valence-electron chi connectivity index (χ3n) is 3.02. The Kier molecular flexibility index (Phi) is 6.05. The van der Waals surface area contributed by atoms with Gasteiger partial charge in [-0.15, -0.1) is 0 Å². The van der Waals surface area contributed by atoms with E-state index in [1.54, 1.807) is 0 Å². The molecule has 0 fully saturated rings. The second kappa shape index (κ2) is 7.09. The number of halogens is 1. The van der Waals surface area contributed by atoms with Crippen molar-refractivity contribution in [1.82, 2.24) is 5.32 Å². The van der Waals surface area contributed by atoms with Crippen LogP contribution in [0.25, 0.3) is 0 Å². The van der Waals surface area contributed by atoms with Gasteiger partial charge in [0, 0.05) is 11.4 Å². The molecule has 2 nitrogen and oxygen atoms in total. The molecule has 0 saturated heterocycles. The number of amides is 1. The van der Waals surface area contributed by atoms with Crippen LogP contribution in [0.1, 0.15) is 45.6 Å². The Balaban J connectivity index is 2.43. The standard InChI is InChI=1S/C16H24BrNO/c1-12(13-8-6-5-7-9-13)15(19)18-11-14(17)10-16(2,3)4/h5-9,12,14H,10-11H2,1-4H3,(H,18,19). The second-order valence-electron chi connectivity index (χ2n) is 6.24. The van der Waals surface area contributed by atoms with Gasteiger partial charge in [0.2, 0.25) is 5.91 Å². The van der Waals surface area contributed by atoms with Crippen molar-refractivity contribution in [3.05, 3.63) is 35.9 Å². The van der Waals surface area contributed by atoms with Gasteiger partial charge in [-0.25, -0.2) is 0 Å². The average Bonchev–Trinajstić information content (AvgIpc) is 2.34. The normalized spacial score (nSPS) is 14.8. The first-order chi connectivity index (χ1) is 8.79. The number of nitrogens with one attached hydrogen (secondary N) is 1. The monoisotopic (exact) mass is 325 g/mol. The number of carbonyl (C=O) groups excluding carboxylic acids is 1. The van der Waals surface area contributed by atoms with E-state index in [-0.39, 0.29) is 17.2 Å². The van der Waals surface area contributed by atoms with E-state index in [0.717, 1.165) is 12.0 Å². The fraction of sp³-hybridized carbons (Fsp3) is 0.562. The van der Waals surface area contributed by atoms with Crippen LogP contribution in [0.4, 0.5) is 0 Å². The van der Waals surface area contributed by atoms with Crippen molar-refractivity contribution >= 4 is 21.8 Å². The molecule has 0 radical (unpaired) electrons. The molecule has 0 aromatic heterocycles. The van der Waals surface area contributed by atoms with Crippen LogP contribution in [0, 0.1) is 5.41 Å². The lowest BCUT2D eigenvalue weighted by Crippen LogP contribution is -2.34. The zero-order valence-electron chi connectivity index (χ0n) is 12.2.